The predicted octanol–water partition coefficient (Wildman–Crippen LogP) is 1.15. The number of nitrogens with two attached hydrogens (primary N) is 1. The molecule has 0 heterocycles. The first kappa shape index (κ1) is 9.99. The van der Waals surface area contributed by atoms with Gasteiger partial charge in [-0.3, -0.25) is 4.79 Å². The number of esters is 1. The van der Waals surface area contributed by atoms with Crippen molar-refractivity contribution in [3.63, 3.8) is 0 Å². The summed E-state index contributed by atoms with van der Waals surface area (Å²) in [4.78, 5) is 11.0. The van der Waals surface area contributed by atoms with E-state index in [1.807, 2.05) is 31.2 Å². The van der Waals surface area contributed by atoms with Gasteiger partial charge in [-0.05, 0) is 12.5 Å². The van der Waals surface area contributed by atoms with Crippen molar-refractivity contribution in [1.82, 2.24) is 0 Å². The van der Waals surface area contributed by atoms with Gasteiger partial charge < -0.3 is 10.5 Å². The smallest absolute Gasteiger partial charge is 0.320 e. The summed E-state index contributed by atoms with van der Waals surface area (Å²) in [6.45, 7) is 1.94. The zero-order chi connectivity index (χ0) is 9.73. The fourth-order valence-electron chi connectivity index (χ4n) is 1.32. The molecule has 0 aromatic carbocycles. The monoisotopic (exact) mass is 181 g/mol. The first-order valence-corrected chi connectivity index (χ1v) is 4.49. The Morgan fingerprint density at radius 2 is 2.38 bits per heavy atom. The Labute approximate surface area is 78.3 Å². The van der Waals surface area contributed by atoms with E-state index in [1.165, 1.54) is 0 Å². The average Bonchev–Trinajstić information content (AvgIpc) is 2.19. The molecule has 1 rings (SSSR count). The second-order valence-corrected chi connectivity index (χ2v) is 3.09. The number of carbonyl (C=O) groups is 1. The maximum Gasteiger partial charge on any atom is 0.320 e. The third kappa shape index (κ3) is 2.42. The van der Waals surface area contributed by atoms with E-state index in [2.05, 4.69) is 0 Å². The van der Waals surface area contributed by atoms with Gasteiger partial charge in [0.05, 0.1) is 6.54 Å². The van der Waals surface area contributed by atoms with E-state index in [9.17, 15) is 4.79 Å². The first-order valence-electron chi connectivity index (χ1n) is 4.49. The van der Waals surface area contributed by atoms with Gasteiger partial charge in [0.2, 0.25) is 0 Å². The number of carbonyl (C=O) groups excluding carboxylic acids is 1. The highest BCUT2D eigenvalue weighted by Gasteiger charge is 2.28. The fraction of sp³-hybridized carbons (Fsp3) is 0.500. The zero-order valence-electron chi connectivity index (χ0n) is 7.82. The predicted molar refractivity (Wildman–Crippen MR) is 51.1 cm³/mol. The summed E-state index contributed by atoms with van der Waals surface area (Å²) in [5.41, 5.74) is 4.73. The van der Waals surface area contributed by atoms with E-state index in [0.29, 0.717) is 0 Å². The van der Waals surface area contributed by atoms with Crippen LogP contribution in [0.3, 0.4) is 0 Å². The Bertz CT molecular complexity index is 245. The van der Waals surface area contributed by atoms with Crippen molar-refractivity contribution in [3.05, 3.63) is 24.3 Å². The molecule has 0 saturated carbocycles. The zero-order valence-corrected chi connectivity index (χ0v) is 7.82. The van der Waals surface area contributed by atoms with E-state index in [4.69, 9.17) is 10.5 Å². The molecule has 0 aliphatic heterocycles. The molecule has 0 spiro atoms. The van der Waals surface area contributed by atoms with Crippen molar-refractivity contribution in [1.29, 1.82) is 0 Å². The van der Waals surface area contributed by atoms with Gasteiger partial charge in [0.25, 0.3) is 0 Å². The Morgan fingerprint density at radius 3 is 2.85 bits per heavy atom. The lowest BCUT2D eigenvalue weighted by atomic mass is 9.92. The molecule has 0 saturated heterocycles. The molecule has 0 aromatic heterocycles. The van der Waals surface area contributed by atoms with Gasteiger partial charge >= 0.3 is 5.97 Å². The first-order chi connectivity index (χ1) is 6.22. The highest BCUT2D eigenvalue weighted by Crippen LogP contribution is 2.25. The minimum Gasteiger partial charge on any atom is -0.454 e. The fourth-order valence-corrected chi connectivity index (χ4v) is 1.32. The topological polar surface area (TPSA) is 52.3 Å². The number of hydrogen-bond acceptors (Lipinski definition) is 3. The van der Waals surface area contributed by atoms with Gasteiger partial charge in [-0.15, -0.1) is 0 Å². The third-order valence-corrected chi connectivity index (χ3v) is 2.19. The summed E-state index contributed by atoms with van der Waals surface area (Å²) >= 11 is 0. The minimum atomic E-state index is -0.453. The van der Waals surface area contributed by atoms with Crippen LogP contribution in [0, 0.1) is 0 Å². The Morgan fingerprint density at radius 1 is 1.62 bits per heavy atom. The molecule has 3 nitrogen and oxygen atoms in total. The van der Waals surface area contributed by atoms with Crippen LogP contribution >= 0.6 is 0 Å². The van der Waals surface area contributed by atoms with Gasteiger partial charge in [-0.1, -0.05) is 25.2 Å². The third-order valence-electron chi connectivity index (χ3n) is 2.19. The summed E-state index contributed by atoms with van der Waals surface area (Å²) in [5.74, 6) is -0.346. The highest BCUT2D eigenvalue weighted by molar-refractivity contribution is 5.72. The molecule has 0 aromatic rings. The van der Waals surface area contributed by atoms with E-state index in [-0.39, 0.29) is 12.5 Å². The van der Waals surface area contributed by atoms with Crippen LogP contribution in [0.25, 0.3) is 0 Å². The van der Waals surface area contributed by atoms with Crippen molar-refractivity contribution in [2.75, 3.05) is 6.54 Å². The summed E-state index contributed by atoms with van der Waals surface area (Å²) in [5, 5.41) is 0. The molecule has 0 unspecified atom stereocenters. The molecule has 0 bridgehead atoms. The lowest BCUT2D eigenvalue weighted by Gasteiger charge is -2.29. The van der Waals surface area contributed by atoms with Crippen LogP contribution in [-0.4, -0.2) is 18.1 Å². The standard InChI is InChI=1S/C10H15NO2/c1-2-10(13-9(12)8-11)6-4-3-5-7-10/h3-6H,2,7-8,11H2,1H3/t10-/m0/s1. The Kier molecular flexibility index (Phi) is 3.25. The molecule has 1 aliphatic rings. The van der Waals surface area contributed by atoms with Crippen molar-refractivity contribution < 1.29 is 9.53 Å². The summed E-state index contributed by atoms with van der Waals surface area (Å²) in [6, 6.07) is 0. The van der Waals surface area contributed by atoms with E-state index in [1.54, 1.807) is 0 Å². The molecular formula is C10H15NO2. The van der Waals surface area contributed by atoms with Crippen LogP contribution in [0.1, 0.15) is 19.8 Å². The maximum atomic E-state index is 11.0. The van der Waals surface area contributed by atoms with E-state index < -0.39 is 5.60 Å². The second kappa shape index (κ2) is 4.23. The molecule has 2 N–H and O–H groups in total. The summed E-state index contributed by atoms with van der Waals surface area (Å²) in [7, 11) is 0. The van der Waals surface area contributed by atoms with Crippen molar-refractivity contribution in [2.24, 2.45) is 5.73 Å². The molecular weight excluding hydrogens is 166 g/mol. The van der Waals surface area contributed by atoms with Crippen LogP contribution < -0.4 is 5.73 Å². The van der Waals surface area contributed by atoms with Gasteiger partial charge in [0.1, 0.15) is 5.60 Å². The number of ether oxygens (including phenoxy) is 1. The minimum absolute atomic E-state index is 0.0562. The number of allylic oxidation sites excluding steroid dienone is 2. The largest absolute Gasteiger partial charge is 0.454 e. The van der Waals surface area contributed by atoms with Crippen LogP contribution in [0.5, 0.6) is 0 Å². The molecule has 1 atom stereocenters. The van der Waals surface area contributed by atoms with Crippen LogP contribution in [-0.2, 0) is 9.53 Å². The Balaban J connectivity index is 2.65. The van der Waals surface area contributed by atoms with Crippen molar-refractivity contribution >= 4 is 5.97 Å². The molecule has 3 heteroatoms. The quantitative estimate of drug-likeness (QED) is 0.664. The molecule has 72 valence electrons. The maximum absolute atomic E-state index is 11.0. The van der Waals surface area contributed by atoms with E-state index >= 15 is 0 Å². The summed E-state index contributed by atoms with van der Waals surface area (Å²) < 4.78 is 5.28. The SMILES string of the molecule is CC[C@]1(OC(=O)CN)C=CC=CC1. The molecule has 1 aliphatic carbocycles. The van der Waals surface area contributed by atoms with Crippen molar-refractivity contribution in [2.45, 2.75) is 25.4 Å². The molecule has 0 fully saturated rings. The Hall–Kier alpha value is -1.09. The normalized spacial score (nSPS) is 26.0. The van der Waals surface area contributed by atoms with Crippen LogP contribution in [0.2, 0.25) is 0 Å². The molecule has 0 radical (unpaired) electrons. The lowest BCUT2D eigenvalue weighted by molar-refractivity contribution is -0.153. The molecule has 0 amide bonds. The van der Waals surface area contributed by atoms with Gasteiger partial charge in [0.15, 0.2) is 0 Å². The summed E-state index contributed by atoms with van der Waals surface area (Å²) in [6.07, 6.45) is 9.28. The van der Waals surface area contributed by atoms with E-state index in [0.717, 1.165) is 12.8 Å². The van der Waals surface area contributed by atoms with Crippen molar-refractivity contribution in [3.8, 4) is 0 Å². The van der Waals surface area contributed by atoms with Crippen LogP contribution in [0.4, 0.5) is 0 Å². The number of rotatable bonds is 3. The lowest BCUT2D eigenvalue weighted by Crippen LogP contribution is -2.35. The average molecular weight is 181 g/mol. The highest BCUT2D eigenvalue weighted by atomic mass is 16.6. The van der Waals surface area contributed by atoms with Gasteiger partial charge in [-0.2, -0.15) is 0 Å². The second-order valence-electron chi connectivity index (χ2n) is 3.09. The van der Waals surface area contributed by atoms with Crippen LogP contribution in [0.15, 0.2) is 24.3 Å². The molecule has 13 heavy (non-hydrogen) atoms. The van der Waals surface area contributed by atoms with Gasteiger partial charge in [-0.25, -0.2) is 0 Å². The number of hydrogen-bond donors (Lipinski definition) is 1. The van der Waals surface area contributed by atoms with Gasteiger partial charge in [0, 0.05) is 6.42 Å².